The van der Waals surface area contributed by atoms with Crippen molar-refractivity contribution >= 4 is 5.91 Å². The molecule has 1 aliphatic rings. The van der Waals surface area contributed by atoms with Crippen molar-refractivity contribution in [3.63, 3.8) is 0 Å². The van der Waals surface area contributed by atoms with Crippen LogP contribution in [0.15, 0.2) is 73.1 Å². The number of para-hydroxylation sites is 1. The highest BCUT2D eigenvalue weighted by Gasteiger charge is 2.34. The molecule has 0 saturated heterocycles. The van der Waals surface area contributed by atoms with Gasteiger partial charge in [-0.3, -0.25) is 4.79 Å². The number of carbonyl (C=O) groups excluding carboxylic acids is 1. The maximum absolute atomic E-state index is 14.0. The van der Waals surface area contributed by atoms with Crippen LogP contribution in [-0.4, -0.2) is 51.8 Å². The fourth-order valence-corrected chi connectivity index (χ4v) is 4.44. The van der Waals surface area contributed by atoms with Gasteiger partial charge in [-0.05, 0) is 57.8 Å². The Morgan fingerprint density at radius 1 is 0.970 bits per heavy atom. The number of methoxy groups -OCH3 is 2. The van der Waals surface area contributed by atoms with Crippen molar-refractivity contribution in [1.29, 1.82) is 0 Å². The van der Waals surface area contributed by atoms with Crippen LogP contribution in [0.2, 0.25) is 0 Å². The van der Waals surface area contributed by atoms with E-state index < -0.39 is 0 Å². The Morgan fingerprint density at radius 3 is 2.42 bits per heavy atom. The predicted molar refractivity (Wildman–Crippen MR) is 122 cm³/mol. The zero-order valence-corrected chi connectivity index (χ0v) is 18.4. The van der Waals surface area contributed by atoms with Crippen LogP contribution >= 0.6 is 0 Å². The number of aromatic nitrogens is 4. The Hall–Kier alpha value is -4.20. The molecule has 0 unspecified atom stereocenters. The Bertz CT molecular complexity index is 1270. The molecule has 1 aliphatic heterocycles. The maximum atomic E-state index is 14.0. The molecular formula is C25H23N5O3. The first-order chi connectivity index (χ1) is 16.2. The van der Waals surface area contributed by atoms with E-state index in [1.165, 1.54) is 11.0 Å². The summed E-state index contributed by atoms with van der Waals surface area (Å²) in [6.07, 6.45) is 2.20. The lowest BCUT2D eigenvalue weighted by atomic mass is 9.87. The topological polar surface area (TPSA) is 82.4 Å². The number of hydrogen-bond donors (Lipinski definition) is 0. The van der Waals surface area contributed by atoms with Gasteiger partial charge in [-0.2, -0.15) is 4.68 Å². The highest BCUT2D eigenvalue weighted by Crippen LogP contribution is 2.41. The minimum absolute atomic E-state index is 0.0876. The second-order valence-corrected chi connectivity index (χ2v) is 7.74. The van der Waals surface area contributed by atoms with Gasteiger partial charge in [0.1, 0.15) is 6.33 Å². The third-order valence-electron chi connectivity index (χ3n) is 5.98. The van der Waals surface area contributed by atoms with E-state index in [2.05, 4.69) is 15.5 Å². The minimum Gasteiger partial charge on any atom is -0.493 e. The van der Waals surface area contributed by atoms with E-state index in [4.69, 9.17) is 9.47 Å². The van der Waals surface area contributed by atoms with Gasteiger partial charge >= 0.3 is 0 Å². The number of hydrogen-bond acceptors (Lipinski definition) is 6. The van der Waals surface area contributed by atoms with Crippen LogP contribution in [0.4, 0.5) is 0 Å². The normalized spacial score (nSPS) is 15.1. The monoisotopic (exact) mass is 441 g/mol. The molecule has 1 aromatic heterocycles. The van der Waals surface area contributed by atoms with Crippen LogP contribution in [0, 0.1) is 0 Å². The largest absolute Gasteiger partial charge is 0.493 e. The molecule has 0 saturated carbocycles. The van der Waals surface area contributed by atoms with Gasteiger partial charge in [0.05, 0.1) is 31.5 Å². The first kappa shape index (κ1) is 20.7. The predicted octanol–water partition coefficient (Wildman–Crippen LogP) is 3.47. The molecule has 8 heteroatoms. The summed E-state index contributed by atoms with van der Waals surface area (Å²) >= 11 is 0. The van der Waals surface area contributed by atoms with E-state index in [-0.39, 0.29) is 11.9 Å². The van der Waals surface area contributed by atoms with E-state index in [1.54, 1.807) is 14.2 Å². The van der Waals surface area contributed by atoms with Crippen molar-refractivity contribution in [3.05, 3.63) is 95.3 Å². The standard InChI is InChI=1S/C25H23N5O3/c1-32-22-14-18-12-13-29(24(17-8-4-3-5-9-17)20(18)15-23(22)33-2)25(31)19-10-6-7-11-21(19)30-16-26-27-28-30/h3-11,14-16,24H,12-13H2,1-2H3/t24-/m1/s1. The van der Waals surface area contributed by atoms with E-state index in [9.17, 15) is 4.79 Å². The van der Waals surface area contributed by atoms with Gasteiger partial charge in [0, 0.05) is 6.54 Å². The third kappa shape index (κ3) is 3.69. The quantitative estimate of drug-likeness (QED) is 0.472. The van der Waals surface area contributed by atoms with Crippen LogP contribution in [0.1, 0.15) is 33.1 Å². The summed E-state index contributed by atoms with van der Waals surface area (Å²) in [4.78, 5) is 15.9. The van der Waals surface area contributed by atoms with Gasteiger partial charge in [0.25, 0.3) is 5.91 Å². The van der Waals surface area contributed by atoms with Crippen LogP contribution in [0.5, 0.6) is 11.5 Å². The summed E-state index contributed by atoms with van der Waals surface area (Å²) in [7, 11) is 3.25. The summed E-state index contributed by atoms with van der Waals surface area (Å²) < 4.78 is 12.6. The second kappa shape index (κ2) is 8.74. The molecule has 8 nitrogen and oxygen atoms in total. The Labute approximate surface area is 191 Å². The molecule has 0 spiro atoms. The Balaban J connectivity index is 1.64. The summed E-state index contributed by atoms with van der Waals surface area (Å²) in [5.41, 5.74) is 4.36. The highest BCUT2D eigenvalue weighted by molar-refractivity contribution is 5.98. The average molecular weight is 441 g/mol. The molecule has 0 radical (unpaired) electrons. The molecule has 2 heterocycles. The number of ether oxygens (including phenoxy) is 2. The molecule has 0 bridgehead atoms. The molecule has 4 aromatic rings. The van der Waals surface area contributed by atoms with Gasteiger partial charge in [-0.1, -0.05) is 42.5 Å². The van der Waals surface area contributed by atoms with Crippen molar-refractivity contribution in [3.8, 4) is 17.2 Å². The van der Waals surface area contributed by atoms with E-state index in [0.29, 0.717) is 35.7 Å². The van der Waals surface area contributed by atoms with E-state index in [0.717, 1.165) is 16.7 Å². The number of amides is 1. The van der Waals surface area contributed by atoms with Gasteiger partial charge in [0.15, 0.2) is 11.5 Å². The SMILES string of the molecule is COc1cc2c(cc1OC)[C@@H](c1ccccc1)N(C(=O)c1ccccc1-n1cnnn1)CC2. The van der Waals surface area contributed by atoms with Crippen LogP contribution in [-0.2, 0) is 6.42 Å². The van der Waals surface area contributed by atoms with Gasteiger partial charge in [-0.25, -0.2) is 0 Å². The van der Waals surface area contributed by atoms with Crippen LogP contribution in [0.3, 0.4) is 0 Å². The zero-order valence-electron chi connectivity index (χ0n) is 18.4. The first-order valence-corrected chi connectivity index (χ1v) is 10.6. The van der Waals surface area contributed by atoms with Gasteiger partial charge in [0.2, 0.25) is 0 Å². The lowest BCUT2D eigenvalue weighted by Gasteiger charge is -2.38. The highest BCUT2D eigenvalue weighted by atomic mass is 16.5. The molecule has 1 atom stereocenters. The van der Waals surface area contributed by atoms with Crippen LogP contribution in [0.25, 0.3) is 5.69 Å². The fourth-order valence-electron chi connectivity index (χ4n) is 4.44. The molecule has 5 rings (SSSR count). The number of nitrogens with zero attached hydrogens (tertiary/aromatic N) is 5. The van der Waals surface area contributed by atoms with Crippen molar-refractivity contribution in [2.75, 3.05) is 20.8 Å². The number of rotatable bonds is 5. The second-order valence-electron chi connectivity index (χ2n) is 7.74. The number of tetrazole rings is 1. The smallest absolute Gasteiger partial charge is 0.256 e. The van der Waals surface area contributed by atoms with Gasteiger partial charge in [-0.15, -0.1) is 5.10 Å². The summed E-state index contributed by atoms with van der Waals surface area (Å²) in [5.74, 6) is 1.24. The van der Waals surface area contributed by atoms with E-state index in [1.807, 2.05) is 71.6 Å². The molecule has 33 heavy (non-hydrogen) atoms. The van der Waals surface area contributed by atoms with Crippen molar-refractivity contribution in [1.82, 2.24) is 25.1 Å². The van der Waals surface area contributed by atoms with Crippen molar-refractivity contribution in [2.45, 2.75) is 12.5 Å². The lowest BCUT2D eigenvalue weighted by Crippen LogP contribution is -2.41. The molecule has 3 aromatic carbocycles. The molecule has 0 N–H and O–H groups in total. The lowest BCUT2D eigenvalue weighted by molar-refractivity contribution is 0.0694. The van der Waals surface area contributed by atoms with Crippen molar-refractivity contribution < 1.29 is 14.3 Å². The molecule has 0 fully saturated rings. The number of carbonyl (C=O) groups is 1. The average Bonchev–Trinajstić information content (AvgIpc) is 3.42. The van der Waals surface area contributed by atoms with Crippen molar-refractivity contribution in [2.24, 2.45) is 0 Å². The van der Waals surface area contributed by atoms with Gasteiger partial charge < -0.3 is 14.4 Å². The molecule has 1 amide bonds. The number of fused-ring (bicyclic) bond motifs is 1. The summed E-state index contributed by atoms with van der Waals surface area (Å²) in [5, 5.41) is 11.4. The first-order valence-electron chi connectivity index (χ1n) is 10.6. The third-order valence-corrected chi connectivity index (χ3v) is 5.98. The summed E-state index contributed by atoms with van der Waals surface area (Å²) in [6, 6.07) is 21.1. The maximum Gasteiger partial charge on any atom is 0.256 e. The molecule has 0 aliphatic carbocycles. The fraction of sp³-hybridized carbons (Fsp3) is 0.200. The Kier molecular flexibility index (Phi) is 5.48. The molecule has 166 valence electrons. The summed E-state index contributed by atoms with van der Waals surface area (Å²) in [6.45, 7) is 0.560. The van der Waals surface area contributed by atoms with Crippen LogP contribution < -0.4 is 9.47 Å². The van der Waals surface area contributed by atoms with E-state index >= 15 is 0 Å². The minimum atomic E-state index is -0.274. The molecular weight excluding hydrogens is 418 g/mol. The number of benzene rings is 3. The zero-order chi connectivity index (χ0) is 22.8. The Morgan fingerprint density at radius 2 is 1.70 bits per heavy atom.